The van der Waals surface area contributed by atoms with Crippen LogP contribution in [-0.4, -0.2) is 38.1 Å². The van der Waals surface area contributed by atoms with Crippen molar-refractivity contribution in [1.82, 2.24) is 0 Å². The molecule has 1 atom stereocenters. The number of aliphatic hydroxyl groups is 1. The van der Waals surface area contributed by atoms with E-state index in [0.29, 0.717) is 0 Å². The van der Waals surface area contributed by atoms with Crippen LogP contribution < -0.4 is 0 Å². The molecule has 1 unspecified atom stereocenters. The lowest BCUT2D eigenvalue weighted by Crippen LogP contribution is -2.10. The lowest BCUT2D eigenvalue weighted by molar-refractivity contribution is 0.0781. The van der Waals surface area contributed by atoms with E-state index in [9.17, 15) is 0 Å². The third-order valence-corrected chi connectivity index (χ3v) is 3.67. The Morgan fingerprint density at radius 3 is 2.05 bits per heavy atom. The molecule has 0 bridgehead atoms. The summed E-state index contributed by atoms with van der Waals surface area (Å²) in [5, 5.41) is 8.63. The van der Waals surface area contributed by atoms with Gasteiger partial charge in [0.1, 0.15) is 0 Å². The third-order valence-electron chi connectivity index (χ3n) is 3.67. The van der Waals surface area contributed by atoms with E-state index in [-0.39, 0.29) is 6.61 Å². The predicted octanol–water partition coefficient (Wildman–Crippen LogP) is 4.18. The van der Waals surface area contributed by atoms with Gasteiger partial charge < -0.3 is 14.6 Å². The lowest BCUT2D eigenvalue weighted by Gasteiger charge is -2.14. The zero-order valence-electron chi connectivity index (χ0n) is 13.7. The number of unbranched alkanes of at least 4 members (excludes halogenated alkanes) is 4. The SMILES string of the molecule is CCCCCC(CC)COCCCCOCCCCO. The van der Waals surface area contributed by atoms with Crippen LogP contribution in [0.3, 0.4) is 0 Å². The molecule has 3 nitrogen and oxygen atoms in total. The van der Waals surface area contributed by atoms with Crippen LogP contribution >= 0.6 is 0 Å². The second-order valence-corrected chi connectivity index (χ2v) is 5.60. The fourth-order valence-corrected chi connectivity index (χ4v) is 2.16. The Balaban J connectivity index is 3.20. The summed E-state index contributed by atoms with van der Waals surface area (Å²) in [6.07, 6.45) is 10.5. The van der Waals surface area contributed by atoms with E-state index in [1.807, 2.05) is 0 Å². The Morgan fingerprint density at radius 2 is 1.45 bits per heavy atom. The molecule has 0 aromatic carbocycles. The molecule has 0 amide bonds. The molecule has 0 saturated carbocycles. The molecule has 0 fully saturated rings. The Labute approximate surface area is 126 Å². The van der Waals surface area contributed by atoms with E-state index in [2.05, 4.69) is 13.8 Å². The molecule has 3 heteroatoms. The van der Waals surface area contributed by atoms with Gasteiger partial charge in [-0.05, 0) is 38.0 Å². The molecular formula is C17H36O3. The van der Waals surface area contributed by atoms with Crippen LogP contribution in [0.5, 0.6) is 0 Å². The molecule has 0 aliphatic carbocycles. The van der Waals surface area contributed by atoms with Crippen molar-refractivity contribution in [2.24, 2.45) is 5.92 Å². The topological polar surface area (TPSA) is 38.7 Å². The summed E-state index contributed by atoms with van der Waals surface area (Å²) in [4.78, 5) is 0. The molecule has 0 radical (unpaired) electrons. The second kappa shape index (κ2) is 16.9. The summed E-state index contributed by atoms with van der Waals surface area (Å²) < 4.78 is 11.3. The number of ether oxygens (including phenoxy) is 2. The van der Waals surface area contributed by atoms with E-state index in [0.717, 1.165) is 58.0 Å². The Hall–Kier alpha value is -0.120. The smallest absolute Gasteiger partial charge is 0.0494 e. The quantitative estimate of drug-likeness (QED) is 0.433. The largest absolute Gasteiger partial charge is 0.396 e. The van der Waals surface area contributed by atoms with E-state index in [1.165, 1.54) is 32.1 Å². The van der Waals surface area contributed by atoms with Crippen LogP contribution in [0.1, 0.15) is 71.6 Å². The van der Waals surface area contributed by atoms with Crippen molar-refractivity contribution in [2.45, 2.75) is 71.6 Å². The molecule has 1 N–H and O–H groups in total. The highest BCUT2D eigenvalue weighted by Gasteiger charge is 2.05. The van der Waals surface area contributed by atoms with Crippen LogP contribution in [0, 0.1) is 5.92 Å². The molecule has 20 heavy (non-hydrogen) atoms. The number of aliphatic hydroxyl groups excluding tert-OH is 1. The maximum atomic E-state index is 8.63. The van der Waals surface area contributed by atoms with Crippen LogP contribution in [0.15, 0.2) is 0 Å². The average Bonchev–Trinajstić information content (AvgIpc) is 2.47. The average molecular weight is 288 g/mol. The lowest BCUT2D eigenvalue weighted by atomic mass is 10.00. The third kappa shape index (κ3) is 14.3. The van der Waals surface area contributed by atoms with Crippen LogP contribution in [0.4, 0.5) is 0 Å². The van der Waals surface area contributed by atoms with Gasteiger partial charge in [-0.1, -0.05) is 39.5 Å². The maximum absolute atomic E-state index is 8.63. The van der Waals surface area contributed by atoms with Gasteiger partial charge in [-0.15, -0.1) is 0 Å². The zero-order valence-corrected chi connectivity index (χ0v) is 13.7. The zero-order chi connectivity index (χ0) is 14.9. The first-order valence-corrected chi connectivity index (χ1v) is 8.61. The van der Waals surface area contributed by atoms with Crippen molar-refractivity contribution in [3.63, 3.8) is 0 Å². The number of rotatable bonds is 16. The summed E-state index contributed by atoms with van der Waals surface area (Å²) in [7, 11) is 0. The van der Waals surface area contributed by atoms with Crippen molar-refractivity contribution >= 4 is 0 Å². The van der Waals surface area contributed by atoms with E-state index in [4.69, 9.17) is 14.6 Å². The van der Waals surface area contributed by atoms with Gasteiger partial charge in [0.25, 0.3) is 0 Å². The van der Waals surface area contributed by atoms with Crippen molar-refractivity contribution in [3.8, 4) is 0 Å². The normalized spacial score (nSPS) is 12.8. The minimum absolute atomic E-state index is 0.272. The van der Waals surface area contributed by atoms with Crippen molar-refractivity contribution < 1.29 is 14.6 Å². The molecule has 0 spiro atoms. The second-order valence-electron chi connectivity index (χ2n) is 5.60. The monoisotopic (exact) mass is 288 g/mol. The summed E-state index contributed by atoms with van der Waals surface area (Å²) in [5.74, 6) is 0.747. The highest BCUT2D eigenvalue weighted by molar-refractivity contribution is 4.56. The number of hydrogen-bond donors (Lipinski definition) is 1. The van der Waals surface area contributed by atoms with Gasteiger partial charge in [-0.2, -0.15) is 0 Å². The summed E-state index contributed by atoms with van der Waals surface area (Å²) >= 11 is 0. The molecule has 122 valence electrons. The first-order valence-electron chi connectivity index (χ1n) is 8.61. The molecule has 0 heterocycles. The van der Waals surface area contributed by atoms with Crippen LogP contribution in [-0.2, 0) is 9.47 Å². The van der Waals surface area contributed by atoms with E-state index in [1.54, 1.807) is 0 Å². The van der Waals surface area contributed by atoms with Gasteiger partial charge >= 0.3 is 0 Å². The van der Waals surface area contributed by atoms with Gasteiger partial charge in [-0.25, -0.2) is 0 Å². The highest BCUT2D eigenvalue weighted by Crippen LogP contribution is 2.14. The summed E-state index contributed by atoms with van der Waals surface area (Å²) in [5.41, 5.74) is 0. The first kappa shape index (κ1) is 19.9. The molecule has 0 aliphatic heterocycles. The highest BCUT2D eigenvalue weighted by atomic mass is 16.5. The maximum Gasteiger partial charge on any atom is 0.0494 e. The Bertz CT molecular complexity index is 174. The van der Waals surface area contributed by atoms with Crippen LogP contribution in [0.2, 0.25) is 0 Å². The van der Waals surface area contributed by atoms with Crippen molar-refractivity contribution in [1.29, 1.82) is 0 Å². The van der Waals surface area contributed by atoms with Gasteiger partial charge in [-0.3, -0.25) is 0 Å². The fraction of sp³-hybridized carbons (Fsp3) is 1.00. The minimum Gasteiger partial charge on any atom is -0.396 e. The molecule has 0 aromatic heterocycles. The first-order chi connectivity index (χ1) is 9.85. The molecule has 0 rings (SSSR count). The van der Waals surface area contributed by atoms with E-state index >= 15 is 0 Å². The summed E-state index contributed by atoms with van der Waals surface area (Å²) in [6, 6.07) is 0. The van der Waals surface area contributed by atoms with Gasteiger partial charge in [0.15, 0.2) is 0 Å². The molecule has 0 aliphatic rings. The molecule has 0 aromatic rings. The van der Waals surface area contributed by atoms with Gasteiger partial charge in [0.2, 0.25) is 0 Å². The van der Waals surface area contributed by atoms with Crippen LogP contribution in [0.25, 0.3) is 0 Å². The standard InChI is InChI=1S/C17H36O3/c1-3-5-6-11-17(4-2)16-20-15-10-9-14-19-13-8-7-12-18/h17-18H,3-16H2,1-2H3. The molecular weight excluding hydrogens is 252 g/mol. The summed E-state index contributed by atoms with van der Waals surface area (Å²) in [6.45, 7) is 8.18. The van der Waals surface area contributed by atoms with E-state index < -0.39 is 0 Å². The minimum atomic E-state index is 0.272. The molecule has 0 saturated heterocycles. The van der Waals surface area contributed by atoms with Gasteiger partial charge in [0.05, 0.1) is 0 Å². The van der Waals surface area contributed by atoms with Crippen molar-refractivity contribution in [2.75, 3.05) is 33.0 Å². The van der Waals surface area contributed by atoms with Gasteiger partial charge in [0, 0.05) is 33.0 Å². The fourth-order valence-electron chi connectivity index (χ4n) is 2.16. The predicted molar refractivity (Wildman–Crippen MR) is 85.1 cm³/mol. The Morgan fingerprint density at radius 1 is 0.800 bits per heavy atom. The Kier molecular flexibility index (Phi) is 16.8. The van der Waals surface area contributed by atoms with Crippen molar-refractivity contribution in [3.05, 3.63) is 0 Å². The number of hydrogen-bond acceptors (Lipinski definition) is 3.